The van der Waals surface area contributed by atoms with Gasteiger partial charge in [-0.1, -0.05) is 23.3 Å². The number of rotatable bonds is 4. The van der Waals surface area contributed by atoms with Crippen molar-refractivity contribution in [3.63, 3.8) is 0 Å². The molecule has 0 unspecified atom stereocenters. The van der Waals surface area contributed by atoms with E-state index in [1.54, 1.807) is 0 Å². The first-order valence-corrected chi connectivity index (χ1v) is 8.10. The van der Waals surface area contributed by atoms with Crippen LogP contribution in [-0.2, 0) is 10.0 Å². The molecular weight excluding hydrogens is 303 g/mol. The van der Waals surface area contributed by atoms with Crippen LogP contribution in [0.25, 0.3) is 0 Å². The summed E-state index contributed by atoms with van der Waals surface area (Å²) in [5.41, 5.74) is 1.28. The largest absolute Gasteiger partial charge is 0.313 e. The normalized spacial score (nSPS) is 16.1. The van der Waals surface area contributed by atoms with Crippen LogP contribution in [0.2, 0.25) is 5.02 Å². The van der Waals surface area contributed by atoms with Crippen LogP contribution in [0.1, 0.15) is 12.0 Å². The summed E-state index contributed by atoms with van der Waals surface area (Å²) in [5.74, 6) is -0.519. The molecule has 1 aliphatic heterocycles. The van der Waals surface area contributed by atoms with Crippen molar-refractivity contribution in [3.05, 3.63) is 40.2 Å². The highest BCUT2D eigenvalue weighted by Crippen LogP contribution is 2.24. The maximum absolute atomic E-state index is 13.3. The molecule has 4 nitrogen and oxygen atoms in total. The van der Waals surface area contributed by atoms with Gasteiger partial charge in [0.05, 0.1) is 5.02 Å². The minimum atomic E-state index is -3.74. The maximum Gasteiger partial charge on any atom is 0.242 e. The van der Waals surface area contributed by atoms with Gasteiger partial charge in [0.15, 0.2) is 0 Å². The summed E-state index contributed by atoms with van der Waals surface area (Å²) >= 11 is 5.82. The second kappa shape index (κ2) is 6.22. The van der Waals surface area contributed by atoms with E-state index in [-0.39, 0.29) is 22.0 Å². The number of nitrogens with one attached hydrogen (secondary N) is 2. The first-order valence-electron chi connectivity index (χ1n) is 6.24. The van der Waals surface area contributed by atoms with Gasteiger partial charge in [-0.05, 0) is 37.6 Å². The molecule has 0 aromatic heterocycles. The average molecular weight is 319 g/mol. The predicted octanol–water partition coefficient (Wildman–Crippen LogP) is 1.99. The second-order valence-corrected chi connectivity index (χ2v) is 6.82. The highest BCUT2D eigenvalue weighted by atomic mass is 35.5. The molecule has 1 aromatic rings. The zero-order valence-electron chi connectivity index (χ0n) is 11.0. The lowest BCUT2D eigenvalue weighted by Crippen LogP contribution is -2.30. The van der Waals surface area contributed by atoms with Crippen molar-refractivity contribution in [1.29, 1.82) is 0 Å². The minimum Gasteiger partial charge on any atom is -0.313 e. The van der Waals surface area contributed by atoms with Gasteiger partial charge < -0.3 is 5.32 Å². The summed E-state index contributed by atoms with van der Waals surface area (Å²) in [4.78, 5) is -0.0902. The lowest BCUT2D eigenvalue weighted by molar-refractivity contribution is 0.580. The summed E-state index contributed by atoms with van der Waals surface area (Å²) in [6, 6.07) is 2.27. The summed E-state index contributed by atoms with van der Waals surface area (Å²) < 4.78 is 40.2. The molecular formula is C13H16ClFN2O2S. The maximum atomic E-state index is 13.3. The van der Waals surface area contributed by atoms with Crippen molar-refractivity contribution in [1.82, 2.24) is 10.0 Å². The van der Waals surface area contributed by atoms with Gasteiger partial charge in [0.2, 0.25) is 10.0 Å². The molecule has 0 fully saturated rings. The van der Waals surface area contributed by atoms with Gasteiger partial charge in [-0.2, -0.15) is 0 Å². The SMILES string of the molecule is Cc1cc(S(=O)(=O)NCC2=CCNCC2)c(Cl)cc1F. The number of halogens is 2. The molecule has 0 bridgehead atoms. The third-order valence-corrected chi connectivity index (χ3v) is 5.02. The molecule has 7 heteroatoms. The quantitative estimate of drug-likeness (QED) is 0.835. The topological polar surface area (TPSA) is 58.2 Å². The van der Waals surface area contributed by atoms with Gasteiger partial charge in [-0.25, -0.2) is 17.5 Å². The van der Waals surface area contributed by atoms with Crippen LogP contribution in [-0.4, -0.2) is 28.1 Å². The Balaban J connectivity index is 2.18. The first kappa shape index (κ1) is 15.4. The number of aryl methyl sites for hydroxylation is 1. The molecule has 0 saturated carbocycles. The van der Waals surface area contributed by atoms with Crippen LogP contribution >= 0.6 is 11.6 Å². The van der Waals surface area contributed by atoms with Gasteiger partial charge in [0.25, 0.3) is 0 Å². The molecule has 0 radical (unpaired) electrons. The summed E-state index contributed by atoms with van der Waals surface area (Å²) in [6.45, 7) is 3.33. The van der Waals surface area contributed by atoms with Crippen LogP contribution in [0.15, 0.2) is 28.7 Å². The first-order chi connectivity index (χ1) is 9.40. The van der Waals surface area contributed by atoms with Gasteiger partial charge in [-0.15, -0.1) is 0 Å². The zero-order chi connectivity index (χ0) is 14.8. The third kappa shape index (κ3) is 3.58. The number of sulfonamides is 1. The Bertz CT molecular complexity index is 644. The molecule has 0 spiro atoms. The molecule has 2 N–H and O–H groups in total. The highest BCUT2D eigenvalue weighted by Gasteiger charge is 2.20. The van der Waals surface area contributed by atoms with Crippen LogP contribution < -0.4 is 10.0 Å². The molecule has 20 heavy (non-hydrogen) atoms. The monoisotopic (exact) mass is 318 g/mol. The highest BCUT2D eigenvalue weighted by molar-refractivity contribution is 7.89. The van der Waals surface area contributed by atoms with E-state index < -0.39 is 15.8 Å². The lowest BCUT2D eigenvalue weighted by atomic mass is 10.1. The van der Waals surface area contributed by atoms with Gasteiger partial charge >= 0.3 is 0 Å². The number of benzene rings is 1. The van der Waals surface area contributed by atoms with E-state index in [2.05, 4.69) is 10.0 Å². The molecule has 0 atom stereocenters. The fourth-order valence-electron chi connectivity index (χ4n) is 1.93. The Morgan fingerprint density at radius 3 is 2.85 bits per heavy atom. The average Bonchev–Trinajstić information content (AvgIpc) is 2.42. The van der Waals surface area contributed by atoms with Gasteiger partial charge in [0.1, 0.15) is 10.7 Å². The van der Waals surface area contributed by atoms with Crippen molar-refractivity contribution in [2.75, 3.05) is 19.6 Å². The Hall–Kier alpha value is -0.950. The summed E-state index contributed by atoms with van der Waals surface area (Å²) in [5, 5.41) is 3.04. The van der Waals surface area contributed by atoms with Gasteiger partial charge in [-0.3, -0.25) is 0 Å². The van der Waals surface area contributed by atoms with Crippen molar-refractivity contribution in [3.8, 4) is 0 Å². The van der Waals surface area contributed by atoms with Gasteiger partial charge in [0, 0.05) is 13.1 Å². The smallest absolute Gasteiger partial charge is 0.242 e. The number of hydrogen-bond donors (Lipinski definition) is 2. The van der Waals surface area contributed by atoms with E-state index in [0.29, 0.717) is 0 Å². The van der Waals surface area contributed by atoms with Crippen molar-refractivity contribution < 1.29 is 12.8 Å². The summed E-state index contributed by atoms with van der Waals surface area (Å²) in [6.07, 6.45) is 2.77. The van der Waals surface area contributed by atoms with Crippen LogP contribution in [0, 0.1) is 12.7 Å². The molecule has 1 heterocycles. The fourth-order valence-corrected chi connectivity index (χ4v) is 3.57. The Morgan fingerprint density at radius 2 is 2.20 bits per heavy atom. The van der Waals surface area contributed by atoms with Crippen molar-refractivity contribution in [2.45, 2.75) is 18.2 Å². The molecule has 0 aliphatic carbocycles. The van der Waals surface area contributed by atoms with E-state index in [0.717, 1.165) is 31.1 Å². The van der Waals surface area contributed by atoms with E-state index >= 15 is 0 Å². The van der Waals surface area contributed by atoms with E-state index in [1.165, 1.54) is 13.0 Å². The Labute approximate surface area is 123 Å². The van der Waals surface area contributed by atoms with Crippen molar-refractivity contribution >= 4 is 21.6 Å². The summed E-state index contributed by atoms with van der Waals surface area (Å²) in [7, 11) is -3.74. The van der Waals surface area contributed by atoms with Crippen molar-refractivity contribution in [2.24, 2.45) is 0 Å². The van der Waals surface area contributed by atoms with Crippen LogP contribution in [0.3, 0.4) is 0 Å². The zero-order valence-corrected chi connectivity index (χ0v) is 12.6. The fraction of sp³-hybridized carbons (Fsp3) is 0.385. The minimum absolute atomic E-state index is 0.0902. The van der Waals surface area contributed by atoms with E-state index in [4.69, 9.17) is 11.6 Å². The standard InChI is InChI=1S/C13H16ClFN2O2S/c1-9-6-13(11(14)7-12(9)15)20(18,19)17-8-10-2-4-16-5-3-10/h2,6-7,16-17H,3-5,8H2,1H3. The Kier molecular flexibility index (Phi) is 4.80. The lowest BCUT2D eigenvalue weighted by Gasteiger charge is -2.15. The molecule has 110 valence electrons. The third-order valence-electron chi connectivity index (χ3n) is 3.15. The van der Waals surface area contributed by atoms with E-state index in [1.807, 2.05) is 6.08 Å². The van der Waals surface area contributed by atoms with Crippen LogP contribution in [0.5, 0.6) is 0 Å². The van der Waals surface area contributed by atoms with E-state index in [9.17, 15) is 12.8 Å². The molecule has 1 aliphatic rings. The molecule has 0 saturated heterocycles. The molecule has 1 aromatic carbocycles. The predicted molar refractivity (Wildman–Crippen MR) is 76.9 cm³/mol. The second-order valence-electron chi connectivity index (χ2n) is 4.67. The molecule has 2 rings (SSSR count). The van der Waals surface area contributed by atoms with Crippen LogP contribution in [0.4, 0.5) is 4.39 Å². The molecule has 0 amide bonds. The number of hydrogen-bond acceptors (Lipinski definition) is 3. The Morgan fingerprint density at radius 1 is 1.45 bits per heavy atom.